The van der Waals surface area contributed by atoms with Crippen LogP contribution in [0.15, 0.2) is 12.3 Å². The van der Waals surface area contributed by atoms with Crippen molar-refractivity contribution in [2.75, 3.05) is 6.61 Å². The van der Waals surface area contributed by atoms with Gasteiger partial charge in [0.15, 0.2) is 0 Å². The quantitative estimate of drug-likeness (QED) is 0.0612. The first-order valence-corrected chi connectivity index (χ1v) is 17.0. The van der Waals surface area contributed by atoms with Crippen molar-refractivity contribution in [3.8, 4) is 0 Å². The summed E-state index contributed by atoms with van der Waals surface area (Å²) in [5.41, 5.74) is 0. The van der Waals surface area contributed by atoms with E-state index in [0.29, 0.717) is 19.4 Å². The molecule has 0 aromatic rings. The Labute approximate surface area is 251 Å². The Morgan fingerprint density at radius 3 is 1.88 bits per heavy atom. The number of aliphatic hydroxyl groups is 1. The number of ether oxygens (including phenoxy) is 3. The second kappa shape index (κ2) is 25.1. The average Bonchev–Trinajstić information content (AvgIpc) is 2.96. The molecule has 0 radical (unpaired) electrons. The van der Waals surface area contributed by atoms with Gasteiger partial charge in [-0.15, -0.1) is 0 Å². The smallest absolute Gasteiger partial charge is 0.227 e. The molecule has 1 aliphatic heterocycles. The van der Waals surface area contributed by atoms with E-state index in [1.807, 2.05) is 13.8 Å². The minimum absolute atomic E-state index is 0.0588. The predicted octanol–water partition coefficient (Wildman–Crippen LogP) is 7.92. The third-order valence-electron chi connectivity index (χ3n) is 7.98. The third kappa shape index (κ3) is 17.3. The molecule has 1 rings (SSSR count). The predicted molar refractivity (Wildman–Crippen MR) is 167 cm³/mol. The van der Waals surface area contributed by atoms with E-state index in [9.17, 15) is 14.7 Å². The molecular weight excluding hydrogens is 518 g/mol. The number of rotatable bonds is 26. The molecule has 7 nitrogen and oxygen atoms in total. The first kappa shape index (κ1) is 37.6. The van der Waals surface area contributed by atoms with Gasteiger partial charge in [-0.3, -0.25) is 9.59 Å². The maximum atomic E-state index is 12.9. The SMILES string of the molecule is C/C=C\O[C@H]1O[C@H](CC)[C@@H](O)[C@H](OCCCCCCCCCC)[C@H]1NC(=O)CC(=O)CCCCCCCCCCC. The summed E-state index contributed by atoms with van der Waals surface area (Å²) in [4.78, 5) is 25.5. The number of nitrogens with one attached hydrogen (secondary N) is 1. The lowest BCUT2D eigenvalue weighted by molar-refractivity contribution is -0.258. The van der Waals surface area contributed by atoms with Crippen molar-refractivity contribution in [3.63, 3.8) is 0 Å². The summed E-state index contributed by atoms with van der Waals surface area (Å²) in [7, 11) is 0. The number of hydrogen-bond acceptors (Lipinski definition) is 6. The van der Waals surface area contributed by atoms with E-state index in [4.69, 9.17) is 14.2 Å². The van der Waals surface area contributed by atoms with Crippen molar-refractivity contribution in [2.45, 2.75) is 187 Å². The van der Waals surface area contributed by atoms with Gasteiger partial charge in [0.25, 0.3) is 0 Å². The van der Waals surface area contributed by atoms with Crippen LogP contribution in [0, 0.1) is 0 Å². The maximum Gasteiger partial charge on any atom is 0.227 e. The fourth-order valence-corrected chi connectivity index (χ4v) is 5.47. The molecular formula is C34H63NO6. The van der Waals surface area contributed by atoms with Gasteiger partial charge in [-0.25, -0.2) is 0 Å². The lowest BCUT2D eigenvalue weighted by Crippen LogP contribution is -2.64. The van der Waals surface area contributed by atoms with Crippen LogP contribution in [0.5, 0.6) is 0 Å². The zero-order valence-corrected chi connectivity index (χ0v) is 26.9. The van der Waals surface area contributed by atoms with Crippen molar-refractivity contribution in [3.05, 3.63) is 12.3 Å². The standard InChI is InChI=1S/C34H63NO6/c1-5-9-11-13-15-17-18-20-22-24-28(36)27-30(37)35-31-33(39-26-23-21-19-16-14-12-10-6-2)32(38)29(8-4)41-34(31)40-25-7-3/h7,25,29,31-34,38H,5-6,8-24,26-27H2,1-4H3,(H,35,37)/b25-7-/t29-,31-,32-,33-,34+/m1/s1. The van der Waals surface area contributed by atoms with Crippen LogP contribution in [0.4, 0.5) is 0 Å². The van der Waals surface area contributed by atoms with Crippen molar-refractivity contribution in [1.82, 2.24) is 5.32 Å². The highest BCUT2D eigenvalue weighted by Crippen LogP contribution is 2.27. The summed E-state index contributed by atoms with van der Waals surface area (Å²) < 4.78 is 18.0. The fourth-order valence-electron chi connectivity index (χ4n) is 5.47. The second-order valence-corrected chi connectivity index (χ2v) is 11.7. The van der Waals surface area contributed by atoms with Crippen LogP contribution in [0.3, 0.4) is 0 Å². The van der Waals surface area contributed by atoms with Crippen molar-refractivity contribution >= 4 is 11.7 Å². The Bertz CT molecular complexity index is 684. The number of ketones is 1. The van der Waals surface area contributed by atoms with Gasteiger partial charge in [-0.1, -0.05) is 123 Å². The Kier molecular flexibility index (Phi) is 23.0. The molecule has 240 valence electrons. The topological polar surface area (TPSA) is 94.1 Å². The number of hydrogen-bond donors (Lipinski definition) is 2. The maximum absolute atomic E-state index is 12.9. The molecule has 1 aliphatic rings. The third-order valence-corrected chi connectivity index (χ3v) is 7.98. The zero-order valence-electron chi connectivity index (χ0n) is 26.9. The van der Waals surface area contributed by atoms with E-state index in [0.717, 1.165) is 32.1 Å². The molecule has 0 aliphatic carbocycles. The van der Waals surface area contributed by atoms with Gasteiger partial charge < -0.3 is 24.6 Å². The Morgan fingerprint density at radius 1 is 0.805 bits per heavy atom. The van der Waals surface area contributed by atoms with Crippen LogP contribution in [-0.4, -0.2) is 54.0 Å². The highest BCUT2D eigenvalue weighted by Gasteiger charge is 2.47. The van der Waals surface area contributed by atoms with E-state index in [1.165, 1.54) is 83.3 Å². The van der Waals surface area contributed by atoms with Crippen LogP contribution in [-0.2, 0) is 23.8 Å². The van der Waals surface area contributed by atoms with Crippen LogP contribution in [0.2, 0.25) is 0 Å². The first-order valence-electron chi connectivity index (χ1n) is 17.0. The van der Waals surface area contributed by atoms with Gasteiger partial charge >= 0.3 is 0 Å². The number of aliphatic hydroxyl groups excluding tert-OH is 1. The molecule has 1 saturated heterocycles. The lowest BCUT2D eigenvalue weighted by atomic mass is 9.94. The number of unbranched alkanes of at least 4 members (excludes halogenated alkanes) is 15. The van der Waals surface area contributed by atoms with Gasteiger partial charge in [0.05, 0.1) is 18.8 Å². The number of allylic oxidation sites excluding steroid dienone is 1. The summed E-state index contributed by atoms with van der Waals surface area (Å²) in [6, 6.07) is -0.717. The largest absolute Gasteiger partial charge is 0.471 e. The zero-order chi connectivity index (χ0) is 30.1. The number of amides is 1. The molecule has 1 fully saturated rings. The molecule has 0 bridgehead atoms. The van der Waals surface area contributed by atoms with E-state index in [1.54, 1.807) is 6.08 Å². The van der Waals surface area contributed by atoms with Gasteiger partial charge in [0.2, 0.25) is 12.2 Å². The second-order valence-electron chi connectivity index (χ2n) is 11.7. The normalized spacial score (nSPS) is 22.7. The van der Waals surface area contributed by atoms with E-state index >= 15 is 0 Å². The summed E-state index contributed by atoms with van der Waals surface area (Å²) in [6.45, 7) is 8.73. The van der Waals surface area contributed by atoms with Gasteiger partial charge in [-0.05, 0) is 26.2 Å². The fraction of sp³-hybridized carbons (Fsp3) is 0.882. The molecule has 7 heteroatoms. The van der Waals surface area contributed by atoms with Crippen LogP contribution in [0.1, 0.15) is 156 Å². The molecule has 2 N–H and O–H groups in total. The number of carbonyl (C=O) groups is 2. The summed E-state index contributed by atoms with van der Waals surface area (Å²) in [5, 5.41) is 14.0. The van der Waals surface area contributed by atoms with Gasteiger partial charge in [-0.2, -0.15) is 0 Å². The number of carbonyl (C=O) groups excluding carboxylic acids is 2. The molecule has 1 amide bonds. The van der Waals surface area contributed by atoms with E-state index in [2.05, 4.69) is 19.2 Å². The van der Waals surface area contributed by atoms with Crippen LogP contribution < -0.4 is 5.32 Å². The first-order chi connectivity index (χ1) is 20.0. The van der Waals surface area contributed by atoms with E-state index in [-0.39, 0.29) is 18.1 Å². The summed E-state index contributed by atoms with van der Waals surface area (Å²) >= 11 is 0. The minimum atomic E-state index is -0.900. The molecule has 0 spiro atoms. The molecule has 0 aromatic heterocycles. The van der Waals surface area contributed by atoms with Crippen molar-refractivity contribution < 1.29 is 28.9 Å². The molecule has 5 atom stereocenters. The highest BCUT2D eigenvalue weighted by atomic mass is 16.7. The van der Waals surface area contributed by atoms with Crippen molar-refractivity contribution in [1.29, 1.82) is 0 Å². The van der Waals surface area contributed by atoms with Crippen LogP contribution in [0.25, 0.3) is 0 Å². The summed E-state index contributed by atoms with van der Waals surface area (Å²) in [6.07, 6.45) is 21.5. The Balaban J connectivity index is 2.56. The molecule has 0 aromatic carbocycles. The molecule has 0 unspecified atom stereocenters. The molecule has 0 saturated carbocycles. The number of Topliss-reactive ketones (excluding diaryl/α,β-unsaturated/α-hetero) is 1. The Hall–Kier alpha value is -1.44. The van der Waals surface area contributed by atoms with Gasteiger partial charge in [0.1, 0.15) is 24.0 Å². The monoisotopic (exact) mass is 581 g/mol. The van der Waals surface area contributed by atoms with Gasteiger partial charge in [0, 0.05) is 13.0 Å². The highest BCUT2D eigenvalue weighted by molar-refractivity contribution is 5.98. The van der Waals surface area contributed by atoms with Crippen LogP contribution >= 0.6 is 0 Å². The Morgan fingerprint density at radius 2 is 1.34 bits per heavy atom. The van der Waals surface area contributed by atoms with E-state index < -0.39 is 30.6 Å². The summed E-state index contributed by atoms with van der Waals surface area (Å²) in [5.74, 6) is -0.437. The average molecular weight is 582 g/mol. The molecule has 41 heavy (non-hydrogen) atoms. The minimum Gasteiger partial charge on any atom is -0.471 e. The van der Waals surface area contributed by atoms with Crippen molar-refractivity contribution in [2.24, 2.45) is 0 Å². The molecule has 1 heterocycles. The lowest BCUT2D eigenvalue weighted by Gasteiger charge is -2.44.